The van der Waals surface area contributed by atoms with Gasteiger partial charge in [-0.1, -0.05) is 73.0 Å². The number of hydrogen-bond donors (Lipinski definition) is 1. The number of pyridine rings is 1. The SMILES string of the molecule is CCC(C)(C)[C@H]1CCc2c(sc(NC(=O)c3cc(-c4ccc(C)cc4)nc4ccc(Br)cc34)c2C(=O)OC)C1. The van der Waals surface area contributed by atoms with Gasteiger partial charge in [-0.25, -0.2) is 9.78 Å². The summed E-state index contributed by atoms with van der Waals surface area (Å²) in [6, 6.07) is 15.7. The highest BCUT2D eigenvalue weighted by atomic mass is 79.9. The fourth-order valence-corrected chi connectivity index (χ4v) is 7.05. The summed E-state index contributed by atoms with van der Waals surface area (Å²) in [6.07, 6.45) is 3.83. The van der Waals surface area contributed by atoms with E-state index in [0.717, 1.165) is 63.4 Å². The number of anilines is 1. The number of aryl methyl sites for hydroxylation is 1. The molecule has 5 nitrogen and oxygen atoms in total. The van der Waals surface area contributed by atoms with Crippen molar-refractivity contribution in [3.63, 3.8) is 0 Å². The lowest BCUT2D eigenvalue weighted by molar-refractivity contribution is 0.0600. The lowest BCUT2D eigenvalue weighted by atomic mass is 9.69. The van der Waals surface area contributed by atoms with Crippen molar-refractivity contribution in [3.8, 4) is 11.3 Å². The number of ether oxygens (including phenoxy) is 1. The molecule has 0 unspecified atom stereocenters. The summed E-state index contributed by atoms with van der Waals surface area (Å²) in [4.78, 5) is 32.9. The molecule has 0 aliphatic heterocycles. The van der Waals surface area contributed by atoms with Crippen LogP contribution in [0.3, 0.4) is 0 Å². The van der Waals surface area contributed by atoms with E-state index in [2.05, 4.69) is 42.0 Å². The summed E-state index contributed by atoms with van der Waals surface area (Å²) in [5.74, 6) is -0.150. The van der Waals surface area contributed by atoms with Gasteiger partial charge in [0.05, 0.1) is 29.4 Å². The van der Waals surface area contributed by atoms with Crippen molar-refractivity contribution in [2.45, 2.75) is 53.4 Å². The maximum Gasteiger partial charge on any atom is 0.341 e. The van der Waals surface area contributed by atoms with Crippen molar-refractivity contribution in [2.24, 2.45) is 11.3 Å². The molecule has 1 atom stereocenters. The van der Waals surface area contributed by atoms with Crippen molar-refractivity contribution in [3.05, 3.63) is 80.1 Å². The number of carbonyl (C=O) groups excluding carboxylic acids is 2. The van der Waals surface area contributed by atoms with Gasteiger partial charge in [0.15, 0.2) is 0 Å². The standard InChI is InChI=1S/C32H33BrN2O3S/c1-6-32(3,4)20-11-13-22-27(15-20)39-30(28(22)31(37)38-5)35-29(36)24-17-26(19-9-7-18(2)8-10-19)34-25-14-12-21(33)16-23(24)25/h7-10,12,14,16-17,20H,6,11,13,15H2,1-5H3,(H,35,36)/t20-/m0/s1. The van der Waals surface area contributed by atoms with Gasteiger partial charge in [-0.15, -0.1) is 11.3 Å². The number of esters is 1. The highest BCUT2D eigenvalue weighted by Crippen LogP contribution is 2.46. The lowest BCUT2D eigenvalue weighted by Crippen LogP contribution is -2.28. The number of amides is 1. The second-order valence-corrected chi connectivity index (χ2v) is 13.0. The first-order valence-corrected chi connectivity index (χ1v) is 14.9. The van der Waals surface area contributed by atoms with Crippen molar-refractivity contribution >= 4 is 55.0 Å². The summed E-state index contributed by atoms with van der Waals surface area (Å²) >= 11 is 5.05. The third-order valence-electron chi connectivity index (χ3n) is 8.26. The van der Waals surface area contributed by atoms with Crippen LogP contribution in [0.4, 0.5) is 5.00 Å². The van der Waals surface area contributed by atoms with Crippen molar-refractivity contribution in [2.75, 3.05) is 12.4 Å². The Morgan fingerprint density at radius 2 is 1.90 bits per heavy atom. The zero-order chi connectivity index (χ0) is 27.9. The highest BCUT2D eigenvalue weighted by Gasteiger charge is 2.35. The topological polar surface area (TPSA) is 68.3 Å². The quantitative estimate of drug-likeness (QED) is 0.224. The summed E-state index contributed by atoms with van der Waals surface area (Å²) in [7, 11) is 1.39. The molecule has 0 radical (unpaired) electrons. The summed E-state index contributed by atoms with van der Waals surface area (Å²) in [5.41, 5.74) is 5.78. The van der Waals surface area contributed by atoms with Crippen molar-refractivity contribution in [1.82, 2.24) is 4.98 Å². The largest absolute Gasteiger partial charge is 0.465 e. The molecule has 5 rings (SSSR count). The second kappa shape index (κ2) is 10.9. The van der Waals surface area contributed by atoms with Crippen LogP contribution in [0.2, 0.25) is 0 Å². The number of benzene rings is 2. The van der Waals surface area contributed by atoms with Crippen LogP contribution in [-0.4, -0.2) is 24.0 Å². The maximum atomic E-state index is 13.9. The van der Waals surface area contributed by atoms with E-state index in [4.69, 9.17) is 9.72 Å². The van der Waals surface area contributed by atoms with Gasteiger partial charge in [-0.05, 0) is 67.3 Å². The number of hydrogen-bond acceptors (Lipinski definition) is 5. The van der Waals surface area contributed by atoms with E-state index in [9.17, 15) is 9.59 Å². The molecule has 39 heavy (non-hydrogen) atoms. The third-order valence-corrected chi connectivity index (χ3v) is 9.92. The number of methoxy groups -OCH3 is 1. The molecule has 1 N–H and O–H groups in total. The molecule has 2 heterocycles. The summed E-state index contributed by atoms with van der Waals surface area (Å²) in [6.45, 7) is 8.91. The van der Waals surface area contributed by atoms with Gasteiger partial charge in [0, 0.05) is 20.3 Å². The molecule has 2 aromatic heterocycles. The summed E-state index contributed by atoms with van der Waals surface area (Å²) in [5, 5.41) is 4.40. The average Bonchev–Trinajstić information content (AvgIpc) is 3.29. The molecule has 0 saturated heterocycles. The van der Waals surface area contributed by atoms with Crippen LogP contribution in [0.5, 0.6) is 0 Å². The number of fused-ring (bicyclic) bond motifs is 2. The fraction of sp³-hybridized carbons (Fsp3) is 0.344. The number of carbonyl (C=O) groups is 2. The van der Waals surface area contributed by atoms with Crippen LogP contribution in [0.15, 0.2) is 53.0 Å². The van der Waals surface area contributed by atoms with Crippen molar-refractivity contribution < 1.29 is 14.3 Å². The molecule has 0 fully saturated rings. The van der Waals surface area contributed by atoms with Crippen LogP contribution >= 0.6 is 27.3 Å². The van der Waals surface area contributed by atoms with Crippen LogP contribution in [-0.2, 0) is 17.6 Å². The Hall–Kier alpha value is -3.03. The Labute approximate surface area is 242 Å². The molecule has 2 aromatic carbocycles. The smallest absolute Gasteiger partial charge is 0.341 e. The van der Waals surface area contributed by atoms with Gasteiger partial charge in [-0.2, -0.15) is 0 Å². The summed E-state index contributed by atoms with van der Waals surface area (Å²) < 4.78 is 6.04. The molecule has 202 valence electrons. The number of halogens is 1. The normalized spacial score (nSPS) is 15.2. The maximum absolute atomic E-state index is 13.9. The molecule has 4 aromatic rings. The Kier molecular flexibility index (Phi) is 7.66. The van der Waals surface area contributed by atoms with Gasteiger partial charge in [0.2, 0.25) is 0 Å². The zero-order valence-corrected chi connectivity index (χ0v) is 25.4. The number of nitrogens with zero attached hydrogens (tertiary/aromatic N) is 1. The van der Waals surface area contributed by atoms with Gasteiger partial charge >= 0.3 is 5.97 Å². The molecule has 7 heteroatoms. The van der Waals surface area contributed by atoms with Crippen LogP contribution in [0.1, 0.15) is 70.3 Å². The van der Waals surface area contributed by atoms with E-state index in [1.54, 1.807) is 0 Å². The molecule has 0 spiro atoms. The molecular formula is C32H33BrN2O3S. The van der Waals surface area contributed by atoms with E-state index in [0.29, 0.717) is 22.0 Å². The molecular weight excluding hydrogens is 572 g/mol. The minimum atomic E-state index is -0.404. The highest BCUT2D eigenvalue weighted by molar-refractivity contribution is 9.10. The predicted octanol–water partition coefficient (Wildman–Crippen LogP) is 8.61. The van der Waals surface area contributed by atoms with E-state index in [1.165, 1.54) is 23.3 Å². The fourth-order valence-electron chi connectivity index (χ4n) is 5.38. The van der Waals surface area contributed by atoms with E-state index in [-0.39, 0.29) is 11.3 Å². The molecule has 0 bridgehead atoms. The van der Waals surface area contributed by atoms with Crippen LogP contribution < -0.4 is 5.32 Å². The first-order chi connectivity index (χ1) is 18.6. The third kappa shape index (κ3) is 5.39. The molecule has 1 aliphatic rings. The zero-order valence-electron chi connectivity index (χ0n) is 23.0. The Morgan fingerprint density at radius 3 is 2.59 bits per heavy atom. The van der Waals surface area contributed by atoms with Crippen molar-refractivity contribution in [1.29, 1.82) is 0 Å². The molecule has 1 amide bonds. The average molecular weight is 606 g/mol. The first-order valence-electron chi connectivity index (χ1n) is 13.3. The Balaban J connectivity index is 1.57. The predicted molar refractivity (Wildman–Crippen MR) is 163 cm³/mol. The van der Waals surface area contributed by atoms with Gasteiger partial charge in [-0.3, -0.25) is 4.79 Å². The number of rotatable bonds is 6. The van der Waals surface area contributed by atoms with Gasteiger partial charge in [0.1, 0.15) is 5.00 Å². The Morgan fingerprint density at radius 1 is 1.15 bits per heavy atom. The lowest BCUT2D eigenvalue weighted by Gasteiger charge is -2.36. The monoisotopic (exact) mass is 604 g/mol. The van der Waals surface area contributed by atoms with Gasteiger partial charge in [0.25, 0.3) is 5.91 Å². The molecule has 1 aliphatic carbocycles. The second-order valence-electron chi connectivity index (χ2n) is 11.0. The van der Waals surface area contributed by atoms with Crippen LogP contribution in [0.25, 0.3) is 22.2 Å². The van der Waals surface area contributed by atoms with E-state index < -0.39 is 5.97 Å². The first kappa shape index (κ1) is 27.5. The van der Waals surface area contributed by atoms with E-state index >= 15 is 0 Å². The minimum absolute atomic E-state index is 0.215. The number of aromatic nitrogens is 1. The minimum Gasteiger partial charge on any atom is -0.465 e. The van der Waals surface area contributed by atoms with E-state index in [1.807, 2.05) is 55.5 Å². The molecule has 0 saturated carbocycles. The van der Waals surface area contributed by atoms with Gasteiger partial charge < -0.3 is 10.1 Å². The Bertz CT molecular complexity index is 1570. The number of thiophene rings is 1. The number of nitrogens with one attached hydrogen (secondary N) is 1. The van der Waals surface area contributed by atoms with Crippen LogP contribution in [0, 0.1) is 18.3 Å².